The summed E-state index contributed by atoms with van der Waals surface area (Å²) in [6.07, 6.45) is 10.5. The van der Waals surface area contributed by atoms with Crippen molar-refractivity contribution in [3.05, 3.63) is 188 Å². The maximum Gasteiger partial charge on any atom is 0.165 e. The molecule has 0 atom stereocenters. The molecule has 0 saturated heterocycles. The number of aromatic nitrogens is 3. The smallest absolute Gasteiger partial charge is 0.165 e. The van der Waals surface area contributed by atoms with Crippen LogP contribution in [-0.4, -0.2) is 15.0 Å². The van der Waals surface area contributed by atoms with Crippen LogP contribution >= 0.6 is 0 Å². The number of hydrogen-bond donors (Lipinski definition) is 0. The van der Waals surface area contributed by atoms with Crippen LogP contribution in [0.3, 0.4) is 0 Å². The molecule has 4 heteroatoms. The van der Waals surface area contributed by atoms with Crippen molar-refractivity contribution in [3.63, 3.8) is 0 Å². The highest BCUT2D eigenvalue weighted by molar-refractivity contribution is 6.12. The van der Waals surface area contributed by atoms with Gasteiger partial charge in [-0.25, -0.2) is 15.0 Å². The maximum atomic E-state index is 6.33. The van der Waals surface area contributed by atoms with Crippen molar-refractivity contribution in [2.75, 3.05) is 0 Å². The monoisotopic (exact) mass is 643 g/mol. The predicted molar refractivity (Wildman–Crippen MR) is 206 cm³/mol. The zero-order valence-corrected chi connectivity index (χ0v) is 27.4. The largest absolute Gasteiger partial charge is 0.456 e. The second-order valence-electron chi connectivity index (χ2n) is 12.0. The number of allylic oxidation sites excluding steroid dienone is 5. The summed E-state index contributed by atoms with van der Waals surface area (Å²) in [5.74, 6) is 1.84. The molecule has 0 aliphatic carbocycles. The first kappa shape index (κ1) is 30.7. The molecule has 0 fully saturated rings. The van der Waals surface area contributed by atoms with Gasteiger partial charge in [0.2, 0.25) is 0 Å². The van der Waals surface area contributed by atoms with Crippen molar-refractivity contribution >= 4 is 21.9 Å². The van der Waals surface area contributed by atoms with Crippen LogP contribution in [0.25, 0.3) is 78.4 Å². The van der Waals surface area contributed by atoms with Crippen molar-refractivity contribution in [1.82, 2.24) is 15.0 Å². The minimum atomic E-state index is 0.608. The molecular formula is C46H33N3O. The van der Waals surface area contributed by atoms with Crippen LogP contribution in [0.5, 0.6) is 0 Å². The molecule has 0 aliphatic rings. The van der Waals surface area contributed by atoms with E-state index in [2.05, 4.69) is 97.6 Å². The zero-order chi connectivity index (χ0) is 33.7. The molecule has 8 aromatic rings. The Balaban J connectivity index is 1.25. The van der Waals surface area contributed by atoms with Gasteiger partial charge in [-0.3, -0.25) is 0 Å². The molecule has 0 spiro atoms. The van der Waals surface area contributed by atoms with Gasteiger partial charge < -0.3 is 4.42 Å². The molecule has 0 bridgehead atoms. The molecule has 0 unspecified atom stereocenters. The Morgan fingerprint density at radius 3 is 1.62 bits per heavy atom. The number of fused-ring (bicyclic) bond motifs is 3. The molecule has 50 heavy (non-hydrogen) atoms. The van der Waals surface area contributed by atoms with E-state index in [1.54, 1.807) is 6.08 Å². The third kappa shape index (κ3) is 6.18. The second kappa shape index (κ2) is 13.8. The van der Waals surface area contributed by atoms with Gasteiger partial charge in [-0.05, 0) is 46.4 Å². The molecule has 2 aromatic heterocycles. The summed E-state index contributed by atoms with van der Waals surface area (Å²) in [4.78, 5) is 15.3. The summed E-state index contributed by atoms with van der Waals surface area (Å²) in [5.41, 5.74) is 10.2. The third-order valence-electron chi connectivity index (χ3n) is 8.82. The average molecular weight is 644 g/mol. The van der Waals surface area contributed by atoms with Crippen LogP contribution in [0, 0.1) is 0 Å². The van der Waals surface area contributed by atoms with Crippen LogP contribution in [0.1, 0.15) is 5.56 Å². The lowest BCUT2D eigenvalue weighted by atomic mass is 9.97. The highest BCUT2D eigenvalue weighted by atomic mass is 16.3. The van der Waals surface area contributed by atoms with Crippen LogP contribution < -0.4 is 0 Å². The van der Waals surface area contributed by atoms with Gasteiger partial charge in [0.15, 0.2) is 17.5 Å². The fourth-order valence-electron chi connectivity index (χ4n) is 6.33. The van der Waals surface area contributed by atoms with E-state index in [1.165, 1.54) is 11.1 Å². The van der Waals surface area contributed by atoms with Crippen molar-refractivity contribution < 1.29 is 4.42 Å². The number of benzene rings is 6. The number of hydrogen-bond acceptors (Lipinski definition) is 4. The minimum Gasteiger partial charge on any atom is -0.456 e. The average Bonchev–Trinajstić information content (AvgIpc) is 3.57. The van der Waals surface area contributed by atoms with Gasteiger partial charge in [-0.15, -0.1) is 0 Å². The lowest BCUT2D eigenvalue weighted by molar-refractivity contribution is 0.669. The normalized spacial score (nSPS) is 11.6. The SMILES string of the molecule is C=C/C=C\C=C/Cc1ccc2oc3ccccc3c2c1-c1nc(-c2ccccc2)nc(-c2ccc(-c3ccc(-c4ccccc4)cc3)cc2)n1. The fourth-order valence-corrected chi connectivity index (χ4v) is 6.33. The van der Waals surface area contributed by atoms with E-state index in [9.17, 15) is 0 Å². The summed E-state index contributed by atoms with van der Waals surface area (Å²) >= 11 is 0. The van der Waals surface area contributed by atoms with Gasteiger partial charge in [0.05, 0.1) is 0 Å². The van der Waals surface area contributed by atoms with E-state index in [-0.39, 0.29) is 0 Å². The Bertz CT molecular complexity index is 2490. The zero-order valence-electron chi connectivity index (χ0n) is 27.4. The molecule has 0 N–H and O–H groups in total. The van der Waals surface area contributed by atoms with Crippen LogP contribution in [0.15, 0.2) is 187 Å². The van der Waals surface area contributed by atoms with Gasteiger partial charge in [-0.1, -0.05) is 170 Å². The summed E-state index contributed by atoms with van der Waals surface area (Å²) in [6.45, 7) is 3.77. The van der Waals surface area contributed by atoms with Crippen LogP contribution in [0.2, 0.25) is 0 Å². The van der Waals surface area contributed by atoms with E-state index in [0.717, 1.165) is 55.3 Å². The van der Waals surface area contributed by atoms with Crippen molar-refractivity contribution in [1.29, 1.82) is 0 Å². The van der Waals surface area contributed by atoms with E-state index in [4.69, 9.17) is 19.4 Å². The summed E-state index contributed by atoms with van der Waals surface area (Å²) in [7, 11) is 0. The van der Waals surface area contributed by atoms with Crippen molar-refractivity contribution in [2.45, 2.75) is 6.42 Å². The Morgan fingerprint density at radius 1 is 0.460 bits per heavy atom. The number of furan rings is 1. The number of rotatable bonds is 9. The molecular weight excluding hydrogens is 611 g/mol. The maximum absolute atomic E-state index is 6.33. The third-order valence-corrected chi connectivity index (χ3v) is 8.82. The van der Waals surface area contributed by atoms with Gasteiger partial charge in [0.1, 0.15) is 11.2 Å². The fraction of sp³-hybridized carbons (Fsp3) is 0.0217. The highest BCUT2D eigenvalue weighted by Crippen LogP contribution is 2.39. The van der Waals surface area contributed by atoms with E-state index in [1.807, 2.05) is 78.9 Å². The highest BCUT2D eigenvalue weighted by Gasteiger charge is 2.20. The second-order valence-corrected chi connectivity index (χ2v) is 12.0. The standard InChI is InChI=1S/C46H33N3O/c1-2-3-4-5-8-17-36-30-31-41-43(39-20-13-14-21-40(39)50-41)42(36)46-48-44(37-18-11-7-12-19-37)47-45(49-46)38-28-26-35(27-29-38)34-24-22-33(23-25-34)32-15-9-6-10-16-32/h2-16,18-31H,1,17H2/b4-3-,8-5-. The first-order valence-electron chi connectivity index (χ1n) is 16.7. The molecule has 4 nitrogen and oxygen atoms in total. The van der Waals surface area contributed by atoms with E-state index >= 15 is 0 Å². The number of para-hydroxylation sites is 1. The molecule has 0 aliphatic heterocycles. The number of nitrogens with zero attached hydrogens (tertiary/aromatic N) is 3. The Labute approximate surface area is 291 Å². The van der Waals surface area contributed by atoms with Gasteiger partial charge in [-0.2, -0.15) is 0 Å². The molecule has 0 amide bonds. The van der Waals surface area contributed by atoms with Gasteiger partial charge >= 0.3 is 0 Å². The molecule has 0 radical (unpaired) electrons. The van der Waals surface area contributed by atoms with Crippen molar-refractivity contribution in [3.8, 4) is 56.4 Å². The quantitative estimate of drug-likeness (QED) is 0.147. The van der Waals surface area contributed by atoms with Gasteiger partial charge in [0.25, 0.3) is 0 Å². The van der Waals surface area contributed by atoms with Crippen LogP contribution in [0.4, 0.5) is 0 Å². The Hall–Kier alpha value is -6.65. The van der Waals surface area contributed by atoms with Crippen molar-refractivity contribution in [2.24, 2.45) is 0 Å². The molecule has 6 aromatic carbocycles. The molecule has 8 rings (SSSR count). The minimum absolute atomic E-state index is 0.608. The summed E-state index contributed by atoms with van der Waals surface area (Å²) in [5, 5.41) is 2.03. The predicted octanol–water partition coefficient (Wildman–Crippen LogP) is 11.9. The molecule has 238 valence electrons. The molecule has 0 saturated carbocycles. The lowest BCUT2D eigenvalue weighted by Crippen LogP contribution is -2.02. The molecule has 2 heterocycles. The topological polar surface area (TPSA) is 51.8 Å². The Morgan fingerprint density at radius 2 is 0.980 bits per heavy atom. The lowest BCUT2D eigenvalue weighted by Gasteiger charge is -2.13. The summed E-state index contributed by atoms with van der Waals surface area (Å²) in [6, 6.07) is 50.0. The van der Waals surface area contributed by atoms with E-state index in [0.29, 0.717) is 23.9 Å². The van der Waals surface area contributed by atoms with Crippen LogP contribution in [-0.2, 0) is 6.42 Å². The first-order chi connectivity index (χ1) is 24.7. The first-order valence-corrected chi connectivity index (χ1v) is 16.7. The summed E-state index contributed by atoms with van der Waals surface area (Å²) < 4.78 is 6.33. The van der Waals surface area contributed by atoms with Gasteiger partial charge in [0, 0.05) is 27.5 Å². The Kier molecular flexibility index (Phi) is 8.49. The van der Waals surface area contributed by atoms with E-state index < -0.39 is 0 Å².